The maximum absolute atomic E-state index is 13.4. The predicted octanol–water partition coefficient (Wildman–Crippen LogP) is 4.10. The molecule has 5 heteroatoms. The van der Waals surface area contributed by atoms with Gasteiger partial charge in [0.15, 0.2) is 0 Å². The number of aromatic amines is 2. The van der Waals surface area contributed by atoms with Crippen molar-refractivity contribution in [1.29, 1.82) is 0 Å². The quantitative estimate of drug-likeness (QED) is 0.450. The summed E-state index contributed by atoms with van der Waals surface area (Å²) < 4.78 is 5.00. The van der Waals surface area contributed by atoms with E-state index in [9.17, 15) is 9.59 Å². The Balaban J connectivity index is 2.15. The van der Waals surface area contributed by atoms with E-state index in [1.54, 1.807) is 6.07 Å². The Morgan fingerprint density at radius 1 is 0.846 bits per heavy atom. The second-order valence-electron chi connectivity index (χ2n) is 6.26. The number of nitrogens with one attached hydrogen (secondary N) is 2. The number of hydrogen-bond acceptors (Lipinski definition) is 3. The van der Waals surface area contributed by atoms with Gasteiger partial charge in [-0.3, -0.25) is 4.79 Å². The van der Waals surface area contributed by atoms with Crippen molar-refractivity contribution in [3.63, 3.8) is 0 Å². The van der Waals surface area contributed by atoms with Crippen LogP contribution in [0.15, 0.2) is 59.4 Å². The molecule has 5 nitrogen and oxygen atoms in total. The molecule has 0 aliphatic heterocycles. The third-order valence-corrected chi connectivity index (χ3v) is 4.86. The van der Waals surface area contributed by atoms with Crippen LogP contribution in [0.25, 0.3) is 43.6 Å². The first-order valence-corrected chi connectivity index (χ1v) is 8.25. The Hall–Kier alpha value is -3.60. The van der Waals surface area contributed by atoms with Crippen molar-refractivity contribution in [3.05, 3.63) is 70.4 Å². The van der Waals surface area contributed by atoms with E-state index in [1.165, 1.54) is 7.11 Å². The molecule has 0 fully saturated rings. The van der Waals surface area contributed by atoms with Crippen LogP contribution in [0.4, 0.5) is 0 Å². The summed E-state index contributed by atoms with van der Waals surface area (Å²) in [5.74, 6) is -0.477. The largest absolute Gasteiger partial charge is 0.465 e. The SMILES string of the molecule is COC(=O)c1cc2[nH]c3ccccc3c2c(=O)c2[nH]c3ccccc3c12. The lowest BCUT2D eigenvalue weighted by molar-refractivity contribution is 0.0603. The maximum atomic E-state index is 13.4. The van der Waals surface area contributed by atoms with Gasteiger partial charge in [-0.15, -0.1) is 0 Å². The number of benzene rings is 2. The molecule has 2 heterocycles. The molecule has 5 rings (SSSR count). The van der Waals surface area contributed by atoms with Gasteiger partial charge in [-0.25, -0.2) is 4.79 Å². The Bertz CT molecular complexity index is 1410. The zero-order chi connectivity index (χ0) is 17.8. The molecular weight excluding hydrogens is 328 g/mol. The van der Waals surface area contributed by atoms with Crippen molar-refractivity contribution in [2.24, 2.45) is 0 Å². The van der Waals surface area contributed by atoms with Crippen LogP contribution in [-0.2, 0) is 4.74 Å². The summed E-state index contributed by atoms with van der Waals surface area (Å²) in [7, 11) is 1.34. The summed E-state index contributed by atoms with van der Waals surface area (Å²) in [6.45, 7) is 0. The fourth-order valence-corrected chi connectivity index (χ4v) is 3.72. The Labute approximate surface area is 147 Å². The number of fused-ring (bicyclic) bond motifs is 6. The van der Waals surface area contributed by atoms with E-state index in [4.69, 9.17) is 4.74 Å². The van der Waals surface area contributed by atoms with Crippen molar-refractivity contribution in [2.75, 3.05) is 7.11 Å². The highest BCUT2D eigenvalue weighted by Gasteiger charge is 2.19. The molecule has 2 aromatic heterocycles. The highest BCUT2D eigenvalue weighted by molar-refractivity contribution is 6.20. The summed E-state index contributed by atoms with van der Waals surface area (Å²) in [5.41, 5.74) is 2.91. The highest BCUT2D eigenvalue weighted by atomic mass is 16.5. The van der Waals surface area contributed by atoms with Crippen molar-refractivity contribution < 1.29 is 9.53 Å². The summed E-state index contributed by atoms with van der Waals surface area (Å²) in [4.78, 5) is 32.4. The van der Waals surface area contributed by atoms with E-state index < -0.39 is 5.97 Å². The third kappa shape index (κ3) is 1.85. The van der Waals surface area contributed by atoms with Crippen LogP contribution in [0, 0.1) is 0 Å². The van der Waals surface area contributed by atoms with Crippen LogP contribution in [0.3, 0.4) is 0 Å². The summed E-state index contributed by atoms with van der Waals surface area (Å²) in [6, 6.07) is 16.9. The van der Waals surface area contributed by atoms with Gasteiger partial charge in [-0.05, 0) is 18.2 Å². The van der Waals surface area contributed by atoms with Crippen molar-refractivity contribution in [1.82, 2.24) is 9.97 Å². The molecule has 0 saturated heterocycles. The number of methoxy groups -OCH3 is 1. The van der Waals surface area contributed by atoms with Gasteiger partial charge < -0.3 is 14.7 Å². The lowest BCUT2D eigenvalue weighted by Crippen LogP contribution is -2.01. The van der Waals surface area contributed by atoms with E-state index in [1.807, 2.05) is 48.5 Å². The zero-order valence-corrected chi connectivity index (χ0v) is 13.9. The number of H-pyrrole nitrogens is 2. The van der Waals surface area contributed by atoms with Crippen LogP contribution in [-0.4, -0.2) is 23.0 Å². The van der Waals surface area contributed by atoms with Gasteiger partial charge in [-0.1, -0.05) is 36.4 Å². The van der Waals surface area contributed by atoms with Gasteiger partial charge in [-0.2, -0.15) is 0 Å². The van der Waals surface area contributed by atoms with Gasteiger partial charge in [0.05, 0.1) is 29.1 Å². The third-order valence-electron chi connectivity index (χ3n) is 4.86. The number of carbonyl (C=O) groups is 1. The van der Waals surface area contributed by atoms with Crippen molar-refractivity contribution >= 4 is 49.6 Å². The Morgan fingerprint density at radius 2 is 1.46 bits per heavy atom. The molecule has 126 valence electrons. The van der Waals surface area contributed by atoms with Crippen LogP contribution >= 0.6 is 0 Å². The summed E-state index contributed by atoms with van der Waals surface area (Å²) in [6.07, 6.45) is 0. The predicted molar refractivity (Wildman–Crippen MR) is 103 cm³/mol. The number of carbonyl (C=O) groups excluding carboxylic acids is 1. The van der Waals surface area contributed by atoms with Crippen LogP contribution in [0.2, 0.25) is 0 Å². The number of ether oxygens (including phenoxy) is 1. The van der Waals surface area contributed by atoms with Gasteiger partial charge in [0, 0.05) is 27.2 Å². The minimum atomic E-state index is -0.477. The van der Waals surface area contributed by atoms with Crippen LogP contribution in [0.1, 0.15) is 10.4 Å². The lowest BCUT2D eigenvalue weighted by Gasteiger charge is -1.98. The zero-order valence-electron chi connectivity index (χ0n) is 13.9. The molecule has 3 aromatic carbocycles. The number of para-hydroxylation sites is 2. The fourth-order valence-electron chi connectivity index (χ4n) is 3.72. The smallest absolute Gasteiger partial charge is 0.338 e. The lowest BCUT2D eigenvalue weighted by atomic mass is 10.1. The number of aromatic nitrogens is 2. The van der Waals surface area contributed by atoms with E-state index in [2.05, 4.69) is 9.97 Å². The normalized spacial score (nSPS) is 11.6. The molecule has 0 bridgehead atoms. The molecule has 26 heavy (non-hydrogen) atoms. The topological polar surface area (TPSA) is 75.0 Å². The number of hydrogen-bond donors (Lipinski definition) is 2. The second-order valence-corrected chi connectivity index (χ2v) is 6.26. The van der Waals surface area contributed by atoms with Gasteiger partial charge in [0.2, 0.25) is 5.43 Å². The highest BCUT2D eigenvalue weighted by Crippen LogP contribution is 2.30. The minimum Gasteiger partial charge on any atom is -0.465 e. The first-order chi connectivity index (χ1) is 12.7. The second kappa shape index (κ2) is 5.20. The van der Waals surface area contributed by atoms with Gasteiger partial charge in [0.1, 0.15) is 0 Å². The van der Waals surface area contributed by atoms with Crippen molar-refractivity contribution in [3.8, 4) is 0 Å². The molecule has 0 aliphatic carbocycles. The molecule has 0 aliphatic rings. The van der Waals surface area contributed by atoms with Crippen molar-refractivity contribution in [2.45, 2.75) is 0 Å². The number of rotatable bonds is 1. The first-order valence-electron chi connectivity index (χ1n) is 8.25. The van der Waals surface area contributed by atoms with Gasteiger partial charge >= 0.3 is 5.97 Å². The number of esters is 1. The van der Waals surface area contributed by atoms with E-state index in [0.717, 1.165) is 21.8 Å². The molecule has 5 aromatic rings. The fraction of sp³-hybridized carbons (Fsp3) is 0.0476. The summed E-state index contributed by atoms with van der Waals surface area (Å²) in [5, 5.41) is 2.81. The molecular formula is C21H14N2O3. The van der Waals surface area contributed by atoms with Gasteiger partial charge in [0.25, 0.3) is 0 Å². The monoisotopic (exact) mass is 342 g/mol. The molecule has 0 unspecified atom stereocenters. The Kier molecular flexibility index (Phi) is 2.94. The van der Waals surface area contributed by atoms with E-state index in [-0.39, 0.29) is 5.43 Å². The van der Waals surface area contributed by atoms with Crippen LogP contribution in [0.5, 0.6) is 0 Å². The Morgan fingerprint density at radius 3 is 2.15 bits per heavy atom. The standard InChI is InChI=1S/C21H14N2O3/c1-26-21(25)13-10-16-18(12-7-3-4-8-14(12)22-16)20(24)19-17(13)11-6-2-5-9-15(11)23-19/h2-10,22-23H,1H3. The van der Waals surface area contributed by atoms with E-state index >= 15 is 0 Å². The molecule has 0 saturated carbocycles. The maximum Gasteiger partial charge on any atom is 0.338 e. The first kappa shape index (κ1) is 14.7. The average molecular weight is 342 g/mol. The molecule has 0 amide bonds. The molecule has 0 radical (unpaired) electrons. The summed E-state index contributed by atoms with van der Waals surface area (Å²) >= 11 is 0. The van der Waals surface area contributed by atoms with E-state index in [0.29, 0.717) is 27.4 Å². The molecule has 2 N–H and O–H groups in total. The molecule has 0 atom stereocenters. The minimum absolute atomic E-state index is 0.140. The molecule has 0 spiro atoms. The average Bonchev–Trinajstić information content (AvgIpc) is 3.20. The van der Waals surface area contributed by atoms with Crippen LogP contribution < -0.4 is 5.43 Å².